The molecule has 3 aromatic carbocycles. The smallest absolute Gasteiger partial charge is 0.264 e. The maximum Gasteiger partial charge on any atom is 0.264 e. The molecule has 1 unspecified atom stereocenters. The van der Waals surface area contributed by atoms with Gasteiger partial charge in [0.15, 0.2) is 0 Å². The molecule has 29 heavy (non-hydrogen) atoms. The molecule has 1 aliphatic rings. The molecule has 1 aliphatic heterocycles. The molecule has 0 fully saturated rings. The molecule has 0 saturated carbocycles. The van der Waals surface area contributed by atoms with Gasteiger partial charge in [-0.3, -0.25) is 9.10 Å². The third-order valence-electron chi connectivity index (χ3n) is 5.19. The van der Waals surface area contributed by atoms with Gasteiger partial charge < -0.3 is 5.32 Å². The second-order valence-corrected chi connectivity index (χ2v) is 9.09. The molecule has 0 spiro atoms. The van der Waals surface area contributed by atoms with Gasteiger partial charge in [0.1, 0.15) is 0 Å². The Hall–Kier alpha value is -3.12. The number of carbonyl (C=O) groups excluding carboxylic acids is 1. The van der Waals surface area contributed by atoms with Crippen molar-refractivity contribution in [3.05, 3.63) is 89.5 Å². The highest BCUT2D eigenvalue weighted by atomic mass is 32.2. The lowest BCUT2D eigenvalue weighted by molar-refractivity contribution is 0.102. The fraction of sp³-hybridized carbons (Fsp3) is 0.174. The van der Waals surface area contributed by atoms with E-state index in [0.717, 1.165) is 11.1 Å². The highest BCUT2D eigenvalue weighted by molar-refractivity contribution is 7.92. The molecule has 1 atom stereocenters. The van der Waals surface area contributed by atoms with Gasteiger partial charge in [0.2, 0.25) is 0 Å². The molecule has 0 aliphatic carbocycles. The SMILES string of the molecule is Cc1ccccc1NC(=O)c1cccc(S(=O)(=O)N2c3ccccc3CC2C)c1. The van der Waals surface area contributed by atoms with Gasteiger partial charge >= 0.3 is 0 Å². The van der Waals surface area contributed by atoms with E-state index < -0.39 is 10.0 Å². The van der Waals surface area contributed by atoms with Crippen molar-refractivity contribution >= 4 is 27.3 Å². The Morgan fingerprint density at radius 3 is 2.52 bits per heavy atom. The average molecular weight is 407 g/mol. The number of hydrogen-bond acceptors (Lipinski definition) is 3. The summed E-state index contributed by atoms with van der Waals surface area (Å²) in [6.07, 6.45) is 0.670. The summed E-state index contributed by atoms with van der Waals surface area (Å²) in [6.45, 7) is 3.80. The van der Waals surface area contributed by atoms with Crippen molar-refractivity contribution in [3.8, 4) is 0 Å². The maximum absolute atomic E-state index is 13.4. The highest BCUT2D eigenvalue weighted by Gasteiger charge is 2.36. The zero-order chi connectivity index (χ0) is 20.6. The summed E-state index contributed by atoms with van der Waals surface area (Å²) in [7, 11) is -3.79. The first-order valence-corrected chi connectivity index (χ1v) is 10.9. The van der Waals surface area contributed by atoms with Crippen molar-refractivity contribution in [2.24, 2.45) is 0 Å². The van der Waals surface area contributed by atoms with Gasteiger partial charge in [-0.2, -0.15) is 0 Å². The second kappa shape index (κ2) is 7.37. The van der Waals surface area contributed by atoms with Gasteiger partial charge in [0.25, 0.3) is 15.9 Å². The Bertz CT molecular complexity index is 1190. The number of hydrogen-bond donors (Lipinski definition) is 1. The molecule has 6 heteroatoms. The number of carbonyl (C=O) groups is 1. The zero-order valence-electron chi connectivity index (χ0n) is 16.3. The molecule has 0 bridgehead atoms. The molecular weight excluding hydrogens is 384 g/mol. The molecule has 1 heterocycles. The van der Waals surface area contributed by atoms with Crippen LogP contribution >= 0.6 is 0 Å². The van der Waals surface area contributed by atoms with Crippen LogP contribution in [0.5, 0.6) is 0 Å². The molecule has 5 nitrogen and oxygen atoms in total. The number of para-hydroxylation sites is 2. The van der Waals surface area contributed by atoms with Crippen molar-refractivity contribution in [1.82, 2.24) is 0 Å². The van der Waals surface area contributed by atoms with Crippen LogP contribution in [0.4, 0.5) is 11.4 Å². The predicted octanol–water partition coefficient (Wildman–Crippen LogP) is 4.39. The van der Waals surface area contributed by atoms with E-state index in [9.17, 15) is 13.2 Å². The summed E-state index contributed by atoms with van der Waals surface area (Å²) in [4.78, 5) is 12.8. The summed E-state index contributed by atoms with van der Waals surface area (Å²) in [6, 6.07) is 21.0. The van der Waals surface area contributed by atoms with Crippen molar-refractivity contribution in [2.45, 2.75) is 31.2 Å². The Morgan fingerprint density at radius 1 is 1.00 bits per heavy atom. The van der Waals surface area contributed by atoms with Crippen molar-refractivity contribution in [1.29, 1.82) is 0 Å². The number of fused-ring (bicyclic) bond motifs is 1. The molecule has 1 N–H and O–H groups in total. The van der Waals surface area contributed by atoms with E-state index in [0.29, 0.717) is 23.4 Å². The average Bonchev–Trinajstić information content (AvgIpc) is 3.06. The van der Waals surface area contributed by atoms with E-state index in [1.54, 1.807) is 12.1 Å². The minimum Gasteiger partial charge on any atom is -0.322 e. The van der Waals surface area contributed by atoms with Gasteiger partial charge in [-0.15, -0.1) is 0 Å². The van der Waals surface area contributed by atoms with Crippen LogP contribution < -0.4 is 9.62 Å². The topological polar surface area (TPSA) is 66.5 Å². The van der Waals surface area contributed by atoms with Crippen LogP contribution in [0.15, 0.2) is 77.7 Å². The van der Waals surface area contributed by atoms with Gasteiger partial charge in [0.05, 0.1) is 10.6 Å². The molecule has 1 amide bonds. The number of rotatable bonds is 4. The number of sulfonamides is 1. The third-order valence-corrected chi connectivity index (χ3v) is 7.12. The van der Waals surface area contributed by atoms with Gasteiger partial charge in [0, 0.05) is 17.3 Å². The molecule has 3 aromatic rings. The zero-order valence-corrected chi connectivity index (χ0v) is 17.1. The fourth-order valence-electron chi connectivity index (χ4n) is 3.72. The lowest BCUT2D eigenvalue weighted by Crippen LogP contribution is -2.35. The first kappa shape index (κ1) is 19.2. The summed E-state index contributed by atoms with van der Waals surface area (Å²) in [5.74, 6) is -0.341. The number of nitrogens with zero attached hydrogens (tertiary/aromatic N) is 1. The predicted molar refractivity (Wildman–Crippen MR) is 115 cm³/mol. The van der Waals surface area contributed by atoms with Crippen LogP contribution in [0.3, 0.4) is 0 Å². The maximum atomic E-state index is 13.4. The molecule has 0 aromatic heterocycles. The summed E-state index contributed by atoms with van der Waals surface area (Å²) >= 11 is 0. The number of aryl methyl sites for hydroxylation is 1. The van der Waals surface area contributed by atoms with Crippen LogP contribution in [0.1, 0.15) is 28.4 Å². The summed E-state index contributed by atoms with van der Waals surface area (Å²) < 4.78 is 28.2. The van der Waals surface area contributed by atoms with E-state index in [4.69, 9.17) is 0 Å². The van der Waals surface area contributed by atoms with Crippen LogP contribution in [-0.4, -0.2) is 20.4 Å². The van der Waals surface area contributed by atoms with Crippen molar-refractivity contribution < 1.29 is 13.2 Å². The Morgan fingerprint density at radius 2 is 1.72 bits per heavy atom. The first-order chi connectivity index (χ1) is 13.9. The lowest BCUT2D eigenvalue weighted by Gasteiger charge is -2.24. The van der Waals surface area contributed by atoms with E-state index >= 15 is 0 Å². The van der Waals surface area contributed by atoms with Gasteiger partial charge in [-0.05, 0) is 61.7 Å². The monoisotopic (exact) mass is 406 g/mol. The van der Waals surface area contributed by atoms with E-state index in [2.05, 4.69) is 5.32 Å². The Labute approximate surface area is 171 Å². The van der Waals surface area contributed by atoms with Crippen molar-refractivity contribution in [3.63, 3.8) is 0 Å². The van der Waals surface area contributed by atoms with Gasteiger partial charge in [-0.25, -0.2) is 8.42 Å². The highest BCUT2D eigenvalue weighted by Crippen LogP contribution is 2.36. The molecule has 0 radical (unpaired) electrons. The minimum atomic E-state index is -3.79. The molecular formula is C23H22N2O3S. The van der Waals surface area contributed by atoms with Crippen LogP contribution in [0.25, 0.3) is 0 Å². The Kier molecular flexibility index (Phi) is 4.88. The number of anilines is 2. The van der Waals surface area contributed by atoms with E-state index in [-0.39, 0.29) is 16.8 Å². The number of benzene rings is 3. The van der Waals surface area contributed by atoms with Gasteiger partial charge in [-0.1, -0.05) is 42.5 Å². The molecule has 0 saturated heterocycles. The summed E-state index contributed by atoms with van der Waals surface area (Å²) in [5, 5.41) is 2.85. The van der Waals surface area contributed by atoms with Crippen LogP contribution in [-0.2, 0) is 16.4 Å². The molecule has 148 valence electrons. The summed E-state index contributed by atoms with van der Waals surface area (Å²) in [5.41, 5.74) is 3.65. The normalized spacial score (nSPS) is 15.8. The third kappa shape index (κ3) is 3.51. The second-order valence-electron chi connectivity index (χ2n) is 7.28. The lowest BCUT2D eigenvalue weighted by atomic mass is 10.1. The van der Waals surface area contributed by atoms with E-state index in [1.165, 1.54) is 16.4 Å². The molecule has 4 rings (SSSR count). The quantitative estimate of drug-likeness (QED) is 0.699. The number of amides is 1. The van der Waals surface area contributed by atoms with Crippen molar-refractivity contribution in [2.75, 3.05) is 9.62 Å². The standard InChI is InChI=1S/C23H22N2O3S/c1-16-8-3-5-12-21(16)24-23(26)19-10-7-11-20(15-19)29(27,28)25-17(2)14-18-9-4-6-13-22(18)25/h3-13,15,17H,14H2,1-2H3,(H,24,26). The first-order valence-electron chi connectivity index (χ1n) is 9.47. The fourth-order valence-corrected chi connectivity index (χ4v) is 5.46. The number of nitrogens with one attached hydrogen (secondary N) is 1. The Balaban J connectivity index is 1.66. The largest absolute Gasteiger partial charge is 0.322 e. The van der Waals surface area contributed by atoms with E-state index in [1.807, 2.05) is 62.4 Å². The van der Waals surface area contributed by atoms with Crippen LogP contribution in [0, 0.1) is 6.92 Å². The minimum absolute atomic E-state index is 0.110. The van der Waals surface area contributed by atoms with Crippen LogP contribution in [0.2, 0.25) is 0 Å².